The van der Waals surface area contributed by atoms with Crippen molar-refractivity contribution < 1.29 is 26.3 Å². The molecule has 0 aliphatic rings. The number of ether oxygens (including phenoxy) is 1. The maximum absolute atomic E-state index is 13.0. The number of aromatic nitrogens is 3. The number of alkyl halides is 3. The third-order valence-corrected chi connectivity index (χ3v) is 6.46. The molecule has 186 valence electrons. The second-order valence-corrected chi connectivity index (χ2v) is 10.2. The van der Waals surface area contributed by atoms with Gasteiger partial charge in [-0.3, -0.25) is 0 Å². The highest BCUT2D eigenvalue weighted by atomic mass is 35.5. The topological polar surface area (TPSA) is 94.1 Å². The van der Waals surface area contributed by atoms with Gasteiger partial charge in [-0.05, 0) is 48.5 Å². The van der Waals surface area contributed by atoms with Crippen LogP contribution in [0.5, 0.6) is 11.8 Å². The van der Waals surface area contributed by atoms with Crippen molar-refractivity contribution in [2.24, 2.45) is 0 Å². The number of halogens is 5. The third kappa shape index (κ3) is 6.04. The summed E-state index contributed by atoms with van der Waals surface area (Å²) in [6.07, 6.45) is -3.42. The number of rotatable bonds is 6. The number of nitrogens with one attached hydrogen (secondary N) is 1. The van der Waals surface area contributed by atoms with E-state index >= 15 is 0 Å². The van der Waals surface area contributed by atoms with Crippen LogP contribution in [0.4, 0.5) is 24.8 Å². The molecule has 1 aromatic heterocycles. The van der Waals surface area contributed by atoms with E-state index in [4.69, 9.17) is 27.9 Å². The Balaban J connectivity index is 1.74. The first-order chi connectivity index (χ1) is 16.9. The van der Waals surface area contributed by atoms with Gasteiger partial charge in [-0.2, -0.15) is 28.1 Å². The van der Waals surface area contributed by atoms with E-state index in [9.17, 15) is 21.6 Å². The van der Waals surface area contributed by atoms with E-state index in [0.717, 1.165) is 18.4 Å². The SMILES string of the molecule is CS(=O)(=O)c1ccc(Nc2nc(Oc3c(Cl)cccc3Cl)nc(-c3ccc(C(F)(F)F)cc3)n2)cc1. The highest BCUT2D eigenvalue weighted by Crippen LogP contribution is 2.36. The fourth-order valence-electron chi connectivity index (χ4n) is 2.98. The van der Waals surface area contributed by atoms with E-state index in [1.165, 1.54) is 36.4 Å². The van der Waals surface area contributed by atoms with Gasteiger partial charge < -0.3 is 10.1 Å². The predicted octanol–water partition coefficient (Wildman–Crippen LogP) is 6.80. The molecule has 0 spiro atoms. The fraction of sp³-hybridized carbons (Fsp3) is 0.0870. The summed E-state index contributed by atoms with van der Waals surface area (Å²) in [7, 11) is -3.39. The van der Waals surface area contributed by atoms with Gasteiger partial charge in [-0.15, -0.1) is 0 Å². The maximum Gasteiger partial charge on any atom is 0.416 e. The largest absolute Gasteiger partial charge is 0.421 e. The van der Waals surface area contributed by atoms with Gasteiger partial charge in [0.2, 0.25) is 5.95 Å². The Morgan fingerprint density at radius 3 is 2.03 bits per heavy atom. The van der Waals surface area contributed by atoms with Crippen LogP contribution < -0.4 is 10.1 Å². The number of anilines is 2. The molecule has 0 aliphatic carbocycles. The van der Waals surface area contributed by atoms with E-state index in [1.807, 2.05) is 0 Å². The minimum atomic E-state index is -4.50. The summed E-state index contributed by atoms with van der Waals surface area (Å²) in [5.41, 5.74) is -0.131. The van der Waals surface area contributed by atoms with Crippen LogP contribution in [-0.2, 0) is 16.0 Å². The van der Waals surface area contributed by atoms with Gasteiger partial charge in [-0.1, -0.05) is 41.4 Å². The molecule has 4 aromatic rings. The zero-order chi connectivity index (χ0) is 26.1. The molecule has 7 nitrogen and oxygen atoms in total. The van der Waals surface area contributed by atoms with Gasteiger partial charge in [0, 0.05) is 17.5 Å². The number of para-hydroxylation sites is 1. The van der Waals surface area contributed by atoms with E-state index < -0.39 is 21.6 Å². The zero-order valence-electron chi connectivity index (χ0n) is 18.2. The van der Waals surface area contributed by atoms with Gasteiger partial charge in [0.05, 0.1) is 20.5 Å². The summed E-state index contributed by atoms with van der Waals surface area (Å²) in [4.78, 5) is 12.8. The number of hydrogen-bond donors (Lipinski definition) is 1. The molecule has 0 saturated heterocycles. The van der Waals surface area contributed by atoms with Crippen LogP contribution in [0.25, 0.3) is 11.4 Å². The maximum atomic E-state index is 13.0. The molecule has 1 N–H and O–H groups in total. The molecule has 4 rings (SSSR count). The monoisotopic (exact) mass is 554 g/mol. The van der Waals surface area contributed by atoms with Crippen molar-refractivity contribution in [1.29, 1.82) is 0 Å². The Hall–Kier alpha value is -3.41. The van der Waals surface area contributed by atoms with Crippen LogP contribution in [0.1, 0.15) is 5.56 Å². The molecule has 0 unspecified atom stereocenters. The van der Waals surface area contributed by atoms with Crippen molar-refractivity contribution >= 4 is 44.7 Å². The molecule has 0 bridgehead atoms. The molecular weight excluding hydrogens is 540 g/mol. The van der Waals surface area contributed by atoms with Crippen LogP contribution in [0, 0.1) is 0 Å². The lowest BCUT2D eigenvalue weighted by Gasteiger charge is -2.12. The Morgan fingerprint density at radius 1 is 0.861 bits per heavy atom. The molecule has 0 saturated carbocycles. The average molecular weight is 555 g/mol. The van der Waals surface area contributed by atoms with Crippen molar-refractivity contribution in [2.75, 3.05) is 11.6 Å². The Bertz CT molecular complexity index is 1500. The highest BCUT2D eigenvalue weighted by Gasteiger charge is 2.30. The molecule has 3 aromatic carbocycles. The number of sulfone groups is 1. The molecular formula is C23H15Cl2F3N4O3S. The van der Waals surface area contributed by atoms with Crippen LogP contribution in [0.15, 0.2) is 71.6 Å². The van der Waals surface area contributed by atoms with Gasteiger partial charge >= 0.3 is 12.2 Å². The van der Waals surface area contributed by atoms with Gasteiger partial charge in [-0.25, -0.2) is 8.42 Å². The first kappa shape index (κ1) is 25.7. The van der Waals surface area contributed by atoms with E-state index in [2.05, 4.69) is 20.3 Å². The lowest BCUT2D eigenvalue weighted by atomic mass is 10.1. The smallest absolute Gasteiger partial charge is 0.416 e. The quantitative estimate of drug-likeness (QED) is 0.280. The molecule has 13 heteroatoms. The molecule has 0 amide bonds. The summed E-state index contributed by atoms with van der Waals surface area (Å²) in [6.45, 7) is 0. The Kier molecular flexibility index (Phi) is 7.07. The van der Waals surface area contributed by atoms with Gasteiger partial charge in [0.25, 0.3) is 0 Å². The summed E-state index contributed by atoms with van der Waals surface area (Å²) in [5, 5.41) is 3.27. The zero-order valence-corrected chi connectivity index (χ0v) is 20.5. The van der Waals surface area contributed by atoms with Crippen LogP contribution in [0.3, 0.4) is 0 Å². The Morgan fingerprint density at radius 2 is 1.47 bits per heavy atom. The summed E-state index contributed by atoms with van der Waals surface area (Å²) in [6, 6.07) is 14.5. The third-order valence-electron chi connectivity index (χ3n) is 4.74. The van der Waals surface area contributed by atoms with E-state index in [1.54, 1.807) is 18.2 Å². The normalized spacial score (nSPS) is 11.8. The van der Waals surface area contributed by atoms with Gasteiger partial charge in [0.1, 0.15) is 0 Å². The van der Waals surface area contributed by atoms with Crippen molar-refractivity contribution in [3.8, 4) is 23.1 Å². The van der Waals surface area contributed by atoms with Crippen LogP contribution in [-0.4, -0.2) is 29.6 Å². The molecule has 0 aliphatic heterocycles. The van der Waals surface area contributed by atoms with E-state index in [0.29, 0.717) is 5.69 Å². The van der Waals surface area contributed by atoms with Crippen molar-refractivity contribution in [3.63, 3.8) is 0 Å². The second kappa shape index (κ2) is 9.92. The minimum absolute atomic E-state index is 0.00663. The summed E-state index contributed by atoms with van der Waals surface area (Å²) >= 11 is 12.3. The predicted molar refractivity (Wildman–Crippen MR) is 130 cm³/mol. The first-order valence-electron chi connectivity index (χ1n) is 10.0. The molecule has 36 heavy (non-hydrogen) atoms. The summed E-state index contributed by atoms with van der Waals surface area (Å²) < 4.78 is 68.0. The first-order valence-corrected chi connectivity index (χ1v) is 12.7. The van der Waals surface area contributed by atoms with Crippen LogP contribution >= 0.6 is 23.2 Å². The number of nitrogens with zero attached hydrogens (tertiary/aromatic N) is 3. The Labute approximate surface area is 213 Å². The van der Waals surface area contributed by atoms with Gasteiger partial charge in [0.15, 0.2) is 21.4 Å². The summed E-state index contributed by atoms with van der Waals surface area (Å²) in [5.74, 6) is 0.0613. The van der Waals surface area contributed by atoms with Crippen molar-refractivity contribution in [1.82, 2.24) is 15.0 Å². The fourth-order valence-corrected chi connectivity index (χ4v) is 4.09. The molecule has 0 atom stereocenters. The minimum Gasteiger partial charge on any atom is -0.421 e. The van der Waals surface area contributed by atoms with Crippen LogP contribution in [0.2, 0.25) is 10.0 Å². The lowest BCUT2D eigenvalue weighted by molar-refractivity contribution is -0.137. The van der Waals surface area contributed by atoms with E-state index in [-0.39, 0.29) is 44.0 Å². The lowest BCUT2D eigenvalue weighted by Crippen LogP contribution is -2.06. The molecule has 0 radical (unpaired) electrons. The number of hydrogen-bond acceptors (Lipinski definition) is 7. The molecule has 0 fully saturated rings. The average Bonchev–Trinajstić information content (AvgIpc) is 2.81. The molecule has 1 heterocycles. The van der Waals surface area contributed by atoms with Crippen molar-refractivity contribution in [2.45, 2.75) is 11.1 Å². The van der Waals surface area contributed by atoms with Crippen molar-refractivity contribution in [3.05, 3.63) is 82.3 Å². The number of benzene rings is 3. The standard InChI is InChI=1S/C23H15Cl2F3N4O3S/c1-36(33,34)16-11-9-15(10-12-16)29-21-30-20(13-5-7-14(8-6-13)23(26,27)28)31-22(32-21)35-19-17(24)3-2-4-18(19)25/h2-12H,1H3,(H,29,30,31,32). The second-order valence-electron chi connectivity index (χ2n) is 7.41. The highest BCUT2D eigenvalue weighted by molar-refractivity contribution is 7.90.